The second-order valence-corrected chi connectivity index (χ2v) is 40.6. The summed E-state index contributed by atoms with van der Waals surface area (Å²) < 4.78 is 18.3. The van der Waals surface area contributed by atoms with Crippen LogP contribution in [0.5, 0.6) is 0 Å². The van der Waals surface area contributed by atoms with E-state index in [4.69, 9.17) is 0 Å². The van der Waals surface area contributed by atoms with Gasteiger partial charge in [0.25, 0.3) is 0 Å². The lowest BCUT2D eigenvalue weighted by Gasteiger charge is -2.26. The van der Waals surface area contributed by atoms with Crippen LogP contribution in [-0.4, -0.2) is 36.5 Å². The molecule has 0 saturated carbocycles. The first kappa shape index (κ1) is 95.3. The average Bonchev–Trinajstić information content (AvgIpc) is 1.49. The van der Waals surface area contributed by atoms with E-state index in [-0.39, 0.29) is 0 Å². The molecule has 0 saturated heterocycles. The third kappa shape index (κ3) is 17.7. The summed E-state index contributed by atoms with van der Waals surface area (Å²) in [6, 6.07) is 153. The molecule has 28 aromatic rings. The van der Waals surface area contributed by atoms with Crippen LogP contribution in [-0.2, 0) is 56.4 Å². The first-order chi connectivity index (χ1) is 71.8. The quantitative estimate of drug-likeness (QED) is 0.160. The summed E-state index contributed by atoms with van der Waals surface area (Å²) in [5, 5.41) is 21.3. The molecule has 8 heterocycles. The highest BCUT2D eigenvalue weighted by Gasteiger charge is 2.22. The van der Waals surface area contributed by atoms with Crippen molar-refractivity contribution in [2.24, 2.45) is 56.4 Å². The molecule has 10 heteroatoms. The van der Waals surface area contributed by atoms with E-state index < -0.39 is 0 Å². The zero-order valence-corrected chi connectivity index (χ0v) is 87.9. The van der Waals surface area contributed by atoms with E-state index in [0.717, 1.165) is 0 Å². The molecule has 8 aromatic heterocycles. The fourth-order valence-electron chi connectivity index (χ4n) is 22.6. The summed E-state index contributed by atoms with van der Waals surface area (Å²) in [7, 11) is 17.2. The van der Waals surface area contributed by atoms with E-state index in [9.17, 15) is 0 Å². The van der Waals surface area contributed by atoms with E-state index >= 15 is 0 Å². The van der Waals surface area contributed by atoms with Crippen LogP contribution in [0.15, 0.2) is 425 Å². The Morgan fingerprint density at radius 3 is 0.709 bits per heavy atom. The molecular weight excluding hydrogens is 1800 g/mol. The zero-order valence-electron chi connectivity index (χ0n) is 87.9. The minimum atomic E-state index is 1.18. The van der Waals surface area contributed by atoms with Crippen molar-refractivity contribution in [3.8, 4) is 11.1 Å². The predicted molar refractivity (Wildman–Crippen MR) is 639 cm³/mol. The smallest absolute Gasteiger partial charge is 0.0590 e. The van der Waals surface area contributed by atoms with Crippen molar-refractivity contribution in [3.05, 3.63) is 480 Å². The maximum atomic E-state index is 2.34. The van der Waals surface area contributed by atoms with Crippen molar-refractivity contribution in [3.63, 3.8) is 0 Å². The number of fused-ring (bicyclic) bond motifs is 25. The Bertz CT molecular complexity index is 9410. The fraction of sp³-hybridized carbons (Fsp3) is 0.130. The summed E-state index contributed by atoms with van der Waals surface area (Å²) in [5.74, 6) is 0. The molecule has 0 N–H and O–H groups in total. The summed E-state index contributed by atoms with van der Waals surface area (Å²) in [5.41, 5.74) is 43.3. The van der Waals surface area contributed by atoms with Gasteiger partial charge in [-0.05, 0) is 296 Å². The monoisotopic (exact) mass is 1920 g/mol. The number of nitrogens with zero attached hydrogens (tertiary/aromatic N) is 10. The Kier molecular flexibility index (Phi) is 25.4. The van der Waals surface area contributed by atoms with Crippen LogP contribution in [0.25, 0.3) is 186 Å². The van der Waals surface area contributed by atoms with Crippen molar-refractivity contribution >= 4 is 209 Å². The molecule has 28 rings (SSSR count). The van der Waals surface area contributed by atoms with Crippen LogP contribution < -0.4 is 9.80 Å². The zero-order chi connectivity index (χ0) is 102. The minimum Gasteiger partial charge on any atom is -0.344 e. The maximum Gasteiger partial charge on any atom is 0.0590 e. The third-order valence-corrected chi connectivity index (χ3v) is 30.3. The largest absolute Gasteiger partial charge is 0.344 e. The Balaban J connectivity index is 0.0000000986. The molecule has 20 aromatic carbocycles. The van der Waals surface area contributed by atoms with Crippen LogP contribution in [0.2, 0.25) is 0 Å². The number of aromatic nitrogens is 8. The molecule has 10 nitrogen and oxygen atoms in total. The molecule has 726 valence electrons. The number of para-hydroxylation sites is 6. The molecule has 0 aliphatic rings. The lowest BCUT2D eigenvalue weighted by atomic mass is 10.0. The first-order valence-electron chi connectivity index (χ1n) is 51.4. The normalized spacial score (nSPS) is 11.4. The number of anilines is 6. The Labute approximate surface area is 865 Å². The highest BCUT2D eigenvalue weighted by molar-refractivity contribution is 6.26. The molecule has 0 atom stereocenters. The number of benzene rings is 20. The summed E-state index contributed by atoms with van der Waals surface area (Å²) in [4.78, 5) is 4.60. The van der Waals surface area contributed by atoms with Gasteiger partial charge in [0, 0.05) is 254 Å². The second kappa shape index (κ2) is 39.5. The Morgan fingerprint density at radius 2 is 0.351 bits per heavy atom. The Hall–Kier alpha value is -17.6. The van der Waals surface area contributed by atoms with Crippen LogP contribution in [0.1, 0.15) is 55.6 Å². The number of rotatable bonds is 7. The van der Waals surface area contributed by atoms with Gasteiger partial charge in [-0.3, -0.25) is 0 Å². The highest BCUT2D eigenvalue weighted by Crippen LogP contribution is 2.44. The van der Waals surface area contributed by atoms with Gasteiger partial charge in [0.2, 0.25) is 0 Å². The maximum absolute atomic E-state index is 2.34. The SMILES string of the molecule is Cc1ccc(N(c2ccc(C)cc2)c2ccc(C)cc2)cc1.Cc1ccc2c(c1)c1cc(C)ccc1n2C.Cc1ccc2c3ccc(C)cc3n(C)c2c1.Cc1cccc(N(c2cccc(C)c2)c2cccc(C)c2)c1.Cn1c2ccccc2c2c1ccc1c3ccccc3n(C)c12.Cn1c2ccccc2c2cc(-c3ccc4c(c3)c3ccccc3n4C)ccc21.Cn1c2ccccc2c2cc3c(cc21)c1ccccc1n3C. The molecule has 0 amide bonds. The standard InChI is InChI=1S/C26H20N2.2C21H21N.2C20H16N2.2C15H15N/c1-27-23-9-5-3-7-19(23)21-15-17(11-13-25(21)27)18-12-14-26-22(16-18)20-8-4-6-10-24(20)28(26)2;1-16-4-10-19(11-5-16)22(20-12-6-17(2)7-13-20)21-14-8-18(3)9-15-21;1-16-7-4-10-19(13-16)22(20-11-5-8-17(2)14-20)21-12-6-9-18(3)15-21;1-21-17-9-5-3-7-13(17)15-12-20-16(11-19(15)21)14-8-4-6-10-18(14)22(20)2;1-21-17-10-6-4-8-15(17)19-18(21)12-11-14-13-7-3-5-9-16(13)22(2)20(14)19;1-10-4-6-14-12(8-10)13-9-11(2)5-7-15(13)16(14)3;1-10-4-6-12-13-7-5-11(2)9-15(13)16(3)14(12)8-10/h3-16H,1-2H3;2*4-15H,1-3H3;2*3-12H,1-2H3;2*4-9H,1-3H3. The average molecular weight is 1920 g/mol. The number of aryl methyl sites for hydroxylation is 18. The summed E-state index contributed by atoms with van der Waals surface area (Å²) in [6.45, 7) is 21.3. The summed E-state index contributed by atoms with van der Waals surface area (Å²) in [6.07, 6.45) is 0. The van der Waals surface area contributed by atoms with Gasteiger partial charge in [-0.15, -0.1) is 0 Å². The van der Waals surface area contributed by atoms with Gasteiger partial charge >= 0.3 is 0 Å². The Morgan fingerprint density at radius 1 is 0.128 bits per heavy atom. The van der Waals surface area contributed by atoms with Gasteiger partial charge in [0.1, 0.15) is 0 Å². The van der Waals surface area contributed by atoms with Gasteiger partial charge in [0.05, 0.1) is 11.0 Å². The first-order valence-corrected chi connectivity index (χ1v) is 51.4. The second-order valence-electron chi connectivity index (χ2n) is 40.6. The molecule has 0 fully saturated rings. The molecule has 0 spiro atoms. The van der Waals surface area contributed by atoms with Gasteiger partial charge < -0.3 is 46.3 Å². The van der Waals surface area contributed by atoms with Crippen molar-refractivity contribution in [2.75, 3.05) is 9.80 Å². The molecule has 148 heavy (non-hydrogen) atoms. The van der Waals surface area contributed by atoms with Crippen molar-refractivity contribution in [1.82, 2.24) is 36.5 Å². The lowest BCUT2D eigenvalue weighted by Crippen LogP contribution is -2.10. The van der Waals surface area contributed by atoms with Crippen molar-refractivity contribution in [1.29, 1.82) is 0 Å². The van der Waals surface area contributed by atoms with Gasteiger partial charge in [0.15, 0.2) is 0 Å². The van der Waals surface area contributed by atoms with Gasteiger partial charge in [-0.25, -0.2) is 0 Å². The number of hydrogen-bond acceptors (Lipinski definition) is 2. The topological polar surface area (TPSA) is 45.9 Å². The van der Waals surface area contributed by atoms with Gasteiger partial charge in [-0.1, -0.05) is 264 Å². The fourth-order valence-corrected chi connectivity index (χ4v) is 22.6. The summed E-state index contributed by atoms with van der Waals surface area (Å²) >= 11 is 0. The van der Waals surface area contributed by atoms with Crippen molar-refractivity contribution < 1.29 is 0 Å². The molecule has 0 bridgehead atoms. The van der Waals surface area contributed by atoms with Crippen LogP contribution >= 0.6 is 0 Å². The molecule has 0 aliphatic carbocycles. The van der Waals surface area contributed by atoms with E-state index in [1.54, 1.807) is 0 Å². The van der Waals surface area contributed by atoms with Crippen LogP contribution in [0.3, 0.4) is 0 Å². The molecule has 0 aliphatic heterocycles. The van der Waals surface area contributed by atoms with E-state index in [1.165, 1.54) is 275 Å². The third-order valence-electron chi connectivity index (χ3n) is 30.3. The van der Waals surface area contributed by atoms with Crippen LogP contribution in [0, 0.1) is 69.2 Å². The van der Waals surface area contributed by atoms with Crippen molar-refractivity contribution in [2.45, 2.75) is 69.2 Å². The van der Waals surface area contributed by atoms with E-state index in [0.29, 0.717) is 0 Å². The molecule has 0 unspecified atom stereocenters. The van der Waals surface area contributed by atoms with Crippen LogP contribution in [0.4, 0.5) is 34.1 Å². The highest BCUT2D eigenvalue weighted by atomic mass is 15.1. The number of hydrogen-bond donors (Lipinski definition) is 0. The lowest BCUT2D eigenvalue weighted by molar-refractivity contribution is 1.01. The van der Waals surface area contributed by atoms with E-state index in [2.05, 4.69) is 597 Å². The predicted octanol–water partition coefficient (Wildman–Crippen LogP) is 36.7. The van der Waals surface area contributed by atoms with E-state index in [1.807, 2.05) is 0 Å². The molecule has 0 radical (unpaired) electrons. The molecular formula is C138H124N10. The van der Waals surface area contributed by atoms with Gasteiger partial charge in [-0.2, -0.15) is 0 Å². The minimum absolute atomic E-state index is 1.18.